The van der Waals surface area contributed by atoms with Gasteiger partial charge in [-0.2, -0.15) is 0 Å². The van der Waals surface area contributed by atoms with E-state index in [1.54, 1.807) is 14.2 Å². The van der Waals surface area contributed by atoms with Gasteiger partial charge in [0, 0.05) is 20.1 Å². The average Bonchev–Trinajstić information content (AvgIpc) is 3.09. The van der Waals surface area contributed by atoms with Crippen LogP contribution in [0.1, 0.15) is 17.0 Å². The first kappa shape index (κ1) is 16.9. The van der Waals surface area contributed by atoms with Crippen LogP contribution in [0, 0.1) is 0 Å². The Kier molecular flexibility index (Phi) is 6.33. The molecule has 0 fully saturated rings. The van der Waals surface area contributed by atoms with Crippen molar-refractivity contribution in [3.8, 4) is 0 Å². The van der Waals surface area contributed by atoms with E-state index < -0.39 is 8.56 Å². The molecule has 118 valence electrons. The molecule has 0 aliphatic heterocycles. The second kappa shape index (κ2) is 8.24. The van der Waals surface area contributed by atoms with E-state index in [0.717, 1.165) is 0 Å². The molecule has 4 heteroatoms. The van der Waals surface area contributed by atoms with Crippen LogP contribution in [-0.2, 0) is 20.2 Å². The van der Waals surface area contributed by atoms with Gasteiger partial charge in [-0.25, -0.2) is 0 Å². The summed E-state index contributed by atoms with van der Waals surface area (Å²) in [5, 5.41) is 0. The number of rotatable bonds is 8. The molecule has 22 heavy (non-hydrogen) atoms. The minimum atomic E-state index is -2.12. The summed E-state index contributed by atoms with van der Waals surface area (Å²) in [7, 11) is 1.23. The van der Waals surface area contributed by atoms with Crippen molar-refractivity contribution in [2.24, 2.45) is 0 Å². The molecule has 0 atom stereocenters. The molecule has 2 rings (SSSR count). The molecule has 0 aromatic heterocycles. The maximum Gasteiger partial charge on any atom is 0.361 e. The predicted molar refractivity (Wildman–Crippen MR) is 91.9 cm³/mol. The minimum absolute atomic E-state index is 0.420. The maximum atomic E-state index is 5.67. The van der Waals surface area contributed by atoms with Gasteiger partial charge in [0.15, 0.2) is 0 Å². The van der Waals surface area contributed by atoms with Crippen LogP contribution in [0.25, 0.3) is 0 Å². The molecule has 1 aliphatic carbocycles. The Labute approximate surface area is 134 Å². The van der Waals surface area contributed by atoms with Crippen molar-refractivity contribution in [1.29, 1.82) is 0 Å². The monoisotopic (exact) mass is 316 g/mol. The molecule has 1 aliphatic rings. The standard InChI is InChI=1S/C18H24O3Si/c1-19-22(3,20-2)14-6-13-21-15-16-9-11-18(12-10-16)17-7-4-5-8-17/h4-12,14,17H,13,15H2,1-3H3/b14-6-. The van der Waals surface area contributed by atoms with Gasteiger partial charge in [0.1, 0.15) is 0 Å². The van der Waals surface area contributed by atoms with Crippen molar-refractivity contribution < 1.29 is 13.6 Å². The fraction of sp³-hybridized carbons (Fsp3) is 0.333. The summed E-state index contributed by atoms with van der Waals surface area (Å²) in [6.45, 7) is 3.17. The van der Waals surface area contributed by atoms with Crippen molar-refractivity contribution in [3.05, 3.63) is 71.5 Å². The molecular formula is C18H24O3Si. The quantitative estimate of drug-likeness (QED) is 0.538. The molecule has 0 saturated carbocycles. The highest BCUT2D eigenvalue weighted by molar-refractivity contribution is 6.71. The zero-order valence-electron chi connectivity index (χ0n) is 13.5. The summed E-state index contributed by atoms with van der Waals surface area (Å²) in [4.78, 5) is 0. The summed E-state index contributed by atoms with van der Waals surface area (Å²) in [6, 6.07) is 8.59. The van der Waals surface area contributed by atoms with Crippen LogP contribution in [0.5, 0.6) is 0 Å². The molecule has 0 saturated heterocycles. The second-order valence-electron chi connectivity index (χ2n) is 5.38. The third kappa shape index (κ3) is 4.78. The normalized spacial score (nSPS) is 15.2. The van der Waals surface area contributed by atoms with E-state index in [4.69, 9.17) is 13.6 Å². The molecule has 0 spiro atoms. The summed E-state index contributed by atoms with van der Waals surface area (Å²) in [5.74, 6) is 0.420. The van der Waals surface area contributed by atoms with Crippen molar-refractivity contribution in [3.63, 3.8) is 0 Å². The van der Waals surface area contributed by atoms with E-state index in [9.17, 15) is 0 Å². The first-order chi connectivity index (χ1) is 10.7. The molecular weight excluding hydrogens is 292 g/mol. The molecule has 3 nitrogen and oxygen atoms in total. The van der Waals surface area contributed by atoms with Crippen molar-refractivity contribution >= 4 is 8.56 Å². The Balaban J connectivity index is 1.76. The van der Waals surface area contributed by atoms with Crippen molar-refractivity contribution in [1.82, 2.24) is 0 Å². The van der Waals surface area contributed by atoms with Crippen LogP contribution in [0.2, 0.25) is 6.55 Å². The minimum Gasteiger partial charge on any atom is -0.395 e. The molecule has 0 radical (unpaired) electrons. The van der Waals surface area contributed by atoms with Gasteiger partial charge in [0.2, 0.25) is 0 Å². The Morgan fingerprint density at radius 2 is 1.68 bits per heavy atom. The van der Waals surface area contributed by atoms with Gasteiger partial charge in [-0.3, -0.25) is 0 Å². The van der Waals surface area contributed by atoms with E-state index in [-0.39, 0.29) is 0 Å². The molecule has 0 unspecified atom stereocenters. The first-order valence-corrected chi connectivity index (χ1v) is 9.86. The lowest BCUT2D eigenvalue weighted by molar-refractivity contribution is 0.148. The largest absolute Gasteiger partial charge is 0.395 e. The van der Waals surface area contributed by atoms with Crippen LogP contribution < -0.4 is 0 Å². The lowest BCUT2D eigenvalue weighted by Gasteiger charge is -2.17. The fourth-order valence-corrected chi connectivity index (χ4v) is 3.18. The van der Waals surface area contributed by atoms with Crippen LogP contribution in [0.4, 0.5) is 0 Å². The van der Waals surface area contributed by atoms with E-state index in [1.165, 1.54) is 11.1 Å². The van der Waals surface area contributed by atoms with Crippen LogP contribution in [0.3, 0.4) is 0 Å². The number of hydrogen-bond acceptors (Lipinski definition) is 3. The topological polar surface area (TPSA) is 27.7 Å². The summed E-state index contributed by atoms with van der Waals surface area (Å²) in [5.41, 5.74) is 4.49. The zero-order valence-corrected chi connectivity index (χ0v) is 14.5. The molecule has 0 heterocycles. The SMILES string of the molecule is CO[Si](C)(/C=C\COCc1ccc(C2C=CC=C2)cc1)OC. The van der Waals surface area contributed by atoms with Gasteiger partial charge < -0.3 is 13.6 Å². The van der Waals surface area contributed by atoms with E-state index >= 15 is 0 Å². The molecule has 0 N–H and O–H groups in total. The van der Waals surface area contributed by atoms with Gasteiger partial charge in [-0.15, -0.1) is 0 Å². The maximum absolute atomic E-state index is 5.67. The number of benzene rings is 1. The Morgan fingerprint density at radius 1 is 1.05 bits per heavy atom. The Morgan fingerprint density at radius 3 is 2.27 bits per heavy atom. The molecule has 1 aromatic carbocycles. The summed E-state index contributed by atoms with van der Waals surface area (Å²) < 4.78 is 16.4. The van der Waals surface area contributed by atoms with Crippen LogP contribution in [0.15, 0.2) is 60.3 Å². The highest BCUT2D eigenvalue weighted by Crippen LogP contribution is 2.23. The van der Waals surface area contributed by atoms with Crippen molar-refractivity contribution in [2.45, 2.75) is 19.1 Å². The van der Waals surface area contributed by atoms with Gasteiger partial charge in [-0.1, -0.05) is 54.6 Å². The fourth-order valence-electron chi connectivity index (χ4n) is 2.22. The highest BCUT2D eigenvalue weighted by atomic mass is 28.4. The predicted octanol–water partition coefficient (Wildman–Crippen LogP) is 3.87. The number of hydrogen-bond donors (Lipinski definition) is 0. The third-order valence-electron chi connectivity index (χ3n) is 3.83. The summed E-state index contributed by atoms with van der Waals surface area (Å²) in [6.07, 6.45) is 10.5. The van der Waals surface area contributed by atoms with Gasteiger partial charge >= 0.3 is 8.56 Å². The van der Waals surface area contributed by atoms with Crippen molar-refractivity contribution in [2.75, 3.05) is 20.8 Å². The average molecular weight is 316 g/mol. The molecule has 1 aromatic rings. The molecule has 0 bridgehead atoms. The van der Waals surface area contributed by atoms with E-state index in [1.807, 2.05) is 18.3 Å². The summed E-state index contributed by atoms with van der Waals surface area (Å²) >= 11 is 0. The lowest BCUT2D eigenvalue weighted by atomic mass is 10.00. The Hall–Kier alpha value is -1.46. The number of allylic oxidation sites excluding steroid dienone is 4. The third-order valence-corrected chi connectivity index (χ3v) is 6.29. The Bertz CT molecular complexity index is 530. The van der Waals surface area contributed by atoms with Crippen LogP contribution >= 0.6 is 0 Å². The number of ether oxygens (including phenoxy) is 1. The van der Waals surface area contributed by atoms with Gasteiger partial charge in [0.25, 0.3) is 0 Å². The molecule has 0 amide bonds. The van der Waals surface area contributed by atoms with Gasteiger partial charge in [0.05, 0.1) is 13.2 Å². The smallest absolute Gasteiger partial charge is 0.361 e. The highest BCUT2D eigenvalue weighted by Gasteiger charge is 2.24. The van der Waals surface area contributed by atoms with Gasteiger partial charge in [-0.05, 0) is 23.4 Å². The first-order valence-electron chi connectivity index (χ1n) is 7.46. The van der Waals surface area contributed by atoms with E-state index in [2.05, 4.69) is 48.6 Å². The zero-order chi connectivity index (χ0) is 15.8. The van der Waals surface area contributed by atoms with Crippen LogP contribution in [-0.4, -0.2) is 29.4 Å². The van der Waals surface area contributed by atoms with E-state index in [0.29, 0.717) is 19.1 Å². The second-order valence-corrected chi connectivity index (χ2v) is 8.56. The lowest BCUT2D eigenvalue weighted by Crippen LogP contribution is -2.33.